The van der Waals surface area contributed by atoms with Gasteiger partial charge in [-0.05, 0) is 25.5 Å². The van der Waals surface area contributed by atoms with Crippen molar-refractivity contribution in [2.24, 2.45) is 0 Å². The van der Waals surface area contributed by atoms with Gasteiger partial charge in [0.25, 0.3) is 0 Å². The van der Waals surface area contributed by atoms with Crippen LogP contribution in [0.1, 0.15) is 27.9 Å². The lowest BCUT2D eigenvalue weighted by Gasteiger charge is -2.16. The van der Waals surface area contributed by atoms with E-state index in [-0.39, 0.29) is 5.97 Å². The summed E-state index contributed by atoms with van der Waals surface area (Å²) in [6.45, 7) is 4.76. The topological polar surface area (TPSA) is 42.4 Å². The van der Waals surface area contributed by atoms with Crippen LogP contribution in [0.15, 0.2) is 28.7 Å². The molecule has 0 unspecified atom stereocenters. The molecule has 0 atom stereocenters. The molecule has 0 saturated heterocycles. The molecule has 0 bridgehead atoms. The van der Waals surface area contributed by atoms with E-state index in [1.165, 1.54) is 16.9 Å². The van der Waals surface area contributed by atoms with Gasteiger partial charge in [-0.15, -0.1) is 11.3 Å². The second kappa shape index (κ2) is 7.04. The highest BCUT2D eigenvalue weighted by atomic mass is 79.9. The third kappa shape index (κ3) is 3.83. The highest BCUT2D eigenvalue weighted by Crippen LogP contribution is 2.27. The zero-order valence-electron chi connectivity index (χ0n) is 12.2. The summed E-state index contributed by atoms with van der Waals surface area (Å²) in [5.41, 5.74) is 1.58. The largest absolute Gasteiger partial charge is 0.461 e. The fourth-order valence-electron chi connectivity index (χ4n) is 1.88. The van der Waals surface area contributed by atoms with Crippen LogP contribution in [0.5, 0.6) is 0 Å². The van der Waals surface area contributed by atoms with E-state index in [4.69, 9.17) is 4.74 Å². The number of halogens is 1. The van der Waals surface area contributed by atoms with Crippen molar-refractivity contribution < 1.29 is 9.53 Å². The first-order valence-electron chi connectivity index (χ1n) is 6.62. The van der Waals surface area contributed by atoms with Gasteiger partial charge in [-0.25, -0.2) is 9.78 Å². The summed E-state index contributed by atoms with van der Waals surface area (Å²) in [4.78, 5) is 19.1. The Kier molecular flexibility index (Phi) is 5.36. The first-order valence-corrected chi connectivity index (χ1v) is 8.23. The molecule has 0 radical (unpaired) electrons. The molecule has 21 heavy (non-hydrogen) atoms. The highest BCUT2D eigenvalue weighted by molar-refractivity contribution is 9.10. The summed E-state index contributed by atoms with van der Waals surface area (Å²) in [5, 5.41) is 0.811. The molecule has 0 fully saturated rings. The van der Waals surface area contributed by atoms with E-state index in [0.29, 0.717) is 12.3 Å². The van der Waals surface area contributed by atoms with Gasteiger partial charge in [0.2, 0.25) is 0 Å². The number of carbonyl (C=O) groups excluding carboxylic acids is 1. The minimum absolute atomic E-state index is 0.355. The maximum atomic E-state index is 11.8. The average Bonchev–Trinajstić information content (AvgIpc) is 2.84. The number of nitrogens with zero attached hydrogens (tertiary/aromatic N) is 2. The monoisotopic (exact) mass is 368 g/mol. The smallest absolute Gasteiger partial charge is 0.358 e. The Hall–Kier alpha value is -1.40. The van der Waals surface area contributed by atoms with Gasteiger partial charge in [0, 0.05) is 22.9 Å². The van der Waals surface area contributed by atoms with Gasteiger partial charge in [0.1, 0.15) is 0 Å². The number of thiazole rings is 1. The van der Waals surface area contributed by atoms with Crippen molar-refractivity contribution in [1.82, 2.24) is 4.98 Å². The number of hydrogen-bond acceptors (Lipinski definition) is 5. The van der Waals surface area contributed by atoms with E-state index in [1.54, 1.807) is 6.92 Å². The molecule has 2 aromatic rings. The second-order valence-corrected chi connectivity index (χ2v) is 6.61. The van der Waals surface area contributed by atoms with Gasteiger partial charge >= 0.3 is 5.97 Å². The van der Waals surface area contributed by atoms with E-state index in [2.05, 4.69) is 27.0 Å². The normalized spacial score (nSPS) is 10.5. The van der Waals surface area contributed by atoms with Gasteiger partial charge in [0.05, 0.1) is 6.61 Å². The molecule has 2 rings (SSSR count). The number of hydrogen-bond donors (Lipinski definition) is 0. The first kappa shape index (κ1) is 16.0. The summed E-state index contributed by atoms with van der Waals surface area (Å²) in [6, 6.07) is 8.07. The molecular formula is C15H17BrN2O2S. The standard InChI is InChI=1S/C15H17BrN2O2S/c1-4-20-14(19)13-10(2)21-15(17-13)18(3)9-11-7-5-6-8-12(11)16/h5-8H,4,9H2,1-3H3. The molecule has 0 amide bonds. The quantitative estimate of drug-likeness (QED) is 0.747. The van der Waals surface area contributed by atoms with E-state index in [9.17, 15) is 4.79 Å². The van der Waals surface area contributed by atoms with E-state index >= 15 is 0 Å². The first-order chi connectivity index (χ1) is 10.0. The molecule has 0 aliphatic rings. The summed E-state index contributed by atoms with van der Waals surface area (Å²) in [5.74, 6) is -0.355. The zero-order valence-corrected chi connectivity index (χ0v) is 14.6. The maximum absolute atomic E-state index is 11.8. The molecule has 0 aliphatic carbocycles. The van der Waals surface area contributed by atoms with Crippen molar-refractivity contribution in [1.29, 1.82) is 0 Å². The molecule has 0 spiro atoms. The second-order valence-electron chi connectivity index (χ2n) is 4.57. The molecule has 1 aromatic carbocycles. The van der Waals surface area contributed by atoms with Crippen LogP contribution in [0.25, 0.3) is 0 Å². The van der Waals surface area contributed by atoms with Gasteiger partial charge in [0.15, 0.2) is 10.8 Å². The summed E-state index contributed by atoms with van der Waals surface area (Å²) in [6.07, 6.45) is 0. The van der Waals surface area contributed by atoms with Crippen LogP contribution in [0, 0.1) is 6.92 Å². The Morgan fingerprint density at radius 3 is 2.81 bits per heavy atom. The fourth-order valence-corrected chi connectivity index (χ4v) is 3.15. The maximum Gasteiger partial charge on any atom is 0.358 e. The minimum Gasteiger partial charge on any atom is -0.461 e. The van der Waals surface area contributed by atoms with Gasteiger partial charge in [-0.1, -0.05) is 34.1 Å². The summed E-state index contributed by atoms with van der Waals surface area (Å²) < 4.78 is 6.08. The predicted octanol–water partition coefficient (Wildman–Crippen LogP) is 4.03. The molecule has 0 aliphatic heterocycles. The van der Waals surface area contributed by atoms with Crippen LogP contribution < -0.4 is 4.90 Å². The van der Waals surface area contributed by atoms with Gasteiger partial charge in [-0.2, -0.15) is 0 Å². The molecule has 4 nitrogen and oxygen atoms in total. The number of esters is 1. The molecule has 112 valence electrons. The number of aryl methyl sites for hydroxylation is 1. The number of aromatic nitrogens is 1. The molecule has 0 N–H and O–H groups in total. The molecule has 1 heterocycles. The lowest BCUT2D eigenvalue weighted by Crippen LogP contribution is -2.17. The van der Waals surface area contributed by atoms with Crippen molar-refractivity contribution >= 4 is 38.4 Å². The van der Waals surface area contributed by atoms with Crippen LogP contribution in [0.3, 0.4) is 0 Å². The van der Waals surface area contributed by atoms with Crippen molar-refractivity contribution in [2.75, 3.05) is 18.6 Å². The number of carbonyl (C=O) groups is 1. The van der Waals surface area contributed by atoms with Crippen molar-refractivity contribution in [3.63, 3.8) is 0 Å². The Morgan fingerprint density at radius 1 is 1.43 bits per heavy atom. The van der Waals surface area contributed by atoms with E-state index < -0.39 is 0 Å². The number of anilines is 1. The van der Waals surface area contributed by atoms with E-state index in [1.807, 2.05) is 37.1 Å². The highest BCUT2D eigenvalue weighted by Gasteiger charge is 2.18. The van der Waals surface area contributed by atoms with E-state index in [0.717, 1.165) is 21.0 Å². The van der Waals surface area contributed by atoms with Crippen molar-refractivity contribution in [2.45, 2.75) is 20.4 Å². The van der Waals surface area contributed by atoms with Crippen LogP contribution in [0.2, 0.25) is 0 Å². The van der Waals surface area contributed by atoms with Crippen molar-refractivity contribution in [3.8, 4) is 0 Å². The Labute approximate surface area is 136 Å². The van der Waals surface area contributed by atoms with Crippen LogP contribution >= 0.6 is 27.3 Å². The third-order valence-electron chi connectivity index (χ3n) is 2.95. The predicted molar refractivity (Wildman–Crippen MR) is 89.1 cm³/mol. The van der Waals surface area contributed by atoms with Crippen LogP contribution in [-0.2, 0) is 11.3 Å². The summed E-state index contributed by atoms with van der Waals surface area (Å²) in [7, 11) is 1.96. The fraction of sp³-hybridized carbons (Fsp3) is 0.333. The van der Waals surface area contributed by atoms with Crippen LogP contribution in [0.4, 0.5) is 5.13 Å². The SMILES string of the molecule is CCOC(=O)c1nc(N(C)Cc2ccccc2Br)sc1C. The number of ether oxygens (including phenoxy) is 1. The van der Waals surface area contributed by atoms with Gasteiger partial charge in [-0.3, -0.25) is 0 Å². The Bertz CT molecular complexity index is 642. The van der Waals surface area contributed by atoms with Crippen molar-refractivity contribution in [3.05, 3.63) is 44.9 Å². The molecule has 0 saturated carbocycles. The lowest BCUT2D eigenvalue weighted by atomic mass is 10.2. The zero-order chi connectivity index (χ0) is 15.4. The Balaban J connectivity index is 2.17. The van der Waals surface area contributed by atoms with Crippen LogP contribution in [-0.4, -0.2) is 24.6 Å². The third-order valence-corrected chi connectivity index (χ3v) is 4.80. The molecule has 1 aromatic heterocycles. The number of rotatable bonds is 5. The molecule has 6 heteroatoms. The summed E-state index contributed by atoms with van der Waals surface area (Å²) >= 11 is 5.04. The Morgan fingerprint density at radius 2 is 2.14 bits per heavy atom. The lowest BCUT2D eigenvalue weighted by molar-refractivity contribution is 0.0519. The average molecular weight is 369 g/mol. The molecular weight excluding hydrogens is 352 g/mol. The van der Waals surface area contributed by atoms with Gasteiger partial charge < -0.3 is 9.64 Å². The minimum atomic E-state index is -0.355. The number of benzene rings is 1.